The molecule has 0 bridgehead atoms. The van der Waals surface area contributed by atoms with Crippen LogP contribution in [0.4, 0.5) is 0 Å². The molecule has 3 N–H and O–H groups in total. The second kappa shape index (κ2) is 5.76. The summed E-state index contributed by atoms with van der Waals surface area (Å²) in [4.78, 5) is 2.65. The van der Waals surface area contributed by atoms with Crippen LogP contribution in [0.15, 0.2) is 17.3 Å². The quantitative estimate of drug-likeness (QED) is 0.668. The van der Waals surface area contributed by atoms with Crippen LogP contribution in [0.5, 0.6) is 0 Å². The molecule has 18 heavy (non-hydrogen) atoms. The zero-order chi connectivity index (χ0) is 13.0. The lowest BCUT2D eigenvalue weighted by molar-refractivity contribution is 0.0272. The summed E-state index contributed by atoms with van der Waals surface area (Å²) in [6, 6.07) is 0. The van der Waals surface area contributed by atoms with Crippen LogP contribution in [0, 0.1) is 0 Å². The molecule has 0 spiro atoms. The third-order valence-corrected chi connectivity index (χ3v) is 3.87. The molecule has 0 amide bonds. The molecule has 102 valence electrons. The van der Waals surface area contributed by atoms with E-state index in [4.69, 9.17) is 10.5 Å². The highest BCUT2D eigenvalue weighted by molar-refractivity contribution is 7.89. The molecule has 9 heteroatoms. The molecule has 1 aliphatic rings. The Morgan fingerprint density at radius 3 is 2.83 bits per heavy atom. The van der Waals surface area contributed by atoms with Crippen LogP contribution in [0.25, 0.3) is 0 Å². The van der Waals surface area contributed by atoms with Gasteiger partial charge in [0, 0.05) is 25.8 Å². The van der Waals surface area contributed by atoms with E-state index in [-0.39, 0.29) is 4.90 Å². The van der Waals surface area contributed by atoms with Crippen LogP contribution in [0.1, 0.15) is 0 Å². The van der Waals surface area contributed by atoms with E-state index in [0.717, 1.165) is 0 Å². The second-order valence-corrected chi connectivity index (χ2v) is 5.58. The minimum atomic E-state index is -3.56. The first kappa shape index (κ1) is 13.4. The average Bonchev–Trinajstić information content (AvgIpc) is 2.80. The molecule has 1 saturated heterocycles. The Labute approximate surface area is 106 Å². The Morgan fingerprint density at radius 2 is 2.17 bits per heavy atom. The number of hydrogen-bond acceptors (Lipinski definition) is 6. The van der Waals surface area contributed by atoms with E-state index >= 15 is 0 Å². The van der Waals surface area contributed by atoms with E-state index in [9.17, 15) is 8.42 Å². The number of nitrogens with zero attached hydrogens (tertiary/aromatic N) is 3. The van der Waals surface area contributed by atoms with Gasteiger partial charge in [0.1, 0.15) is 4.90 Å². The Kier molecular flexibility index (Phi) is 4.30. The lowest BCUT2D eigenvalue weighted by Gasteiger charge is -2.26. The fraction of sp³-hybridized carbons (Fsp3) is 0.667. The van der Waals surface area contributed by atoms with Gasteiger partial charge in [-0.3, -0.25) is 4.68 Å². The van der Waals surface area contributed by atoms with E-state index < -0.39 is 10.0 Å². The van der Waals surface area contributed by atoms with Gasteiger partial charge in [0.25, 0.3) is 10.0 Å². The SMILES string of the molecule is NCCn1cc(S(=O)(=O)NN2CCOCC2)cn1. The van der Waals surface area contributed by atoms with E-state index in [1.165, 1.54) is 17.1 Å². The van der Waals surface area contributed by atoms with Crippen LogP contribution in [0.2, 0.25) is 0 Å². The van der Waals surface area contributed by atoms with E-state index in [1.54, 1.807) is 5.01 Å². The summed E-state index contributed by atoms with van der Waals surface area (Å²) in [5.41, 5.74) is 5.38. The van der Waals surface area contributed by atoms with Crippen LogP contribution in [0.3, 0.4) is 0 Å². The van der Waals surface area contributed by atoms with Gasteiger partial charge in [0.05, 0.1) is 26.0 Å². The first-order valence-corrected chi connectivity index (χ1v) is 7.18. The molecule has 0 aliphatic carbocycles. The minimum absolute atomic E-state index is 0.141. The monoisotopic (exact) mass is 275 g/mol. The number of rotatable bonds is 5. The molecule has 1 aromatic heterocycles. The summed E-state index contributed by atoms with van der Waals surface area (Å²) in [6.45, 7) is 3.03. The molecule has 0 saturated carbocycles. The first-order chi connectivity index (χ1) is 8.62. The van der Waals surface area contributed by atoms with Crippen molar-refractivity contribution in [1.82, 2.24) is 19.6 Å². The highest BCUT2D eigenvalue weighted by Gasteiger charge is 2.21. The van der Waals surface area contributed by atoms with Crippen molar-refractivity contribution in [2.75, 3.05) is 32.8 Å². The van der Waals surface area contributed by atoms with Crippen molar-refractivity contribution in [1.29, 1.82) is 0 Å². The van der Waals surface area contributed by atoms with Crippen molar-refractivity contribution in [2.24, 2.45) is 5.73 Å². The number of ether oxygens (including phenoxy) is 1. The van der Waals surface area contributed by atoms with Crippen LogP contribution in [-0.4, -0.2) is 56.1 Å². The summed E-state index contributed by atoms with van der Waals surface area (Å²) in [5.74, 6) is 0. The number of hydrazine groups is 1. The van der Waals surface area contributed by atoms with Crippen molar-refractivity contribution in [2.45, 2.75) is 11.4 Å². The highest BCUT2D eigenvalue weighted by Crippen LogP contribution is 2.08. The number of nitrogens with one attached hydrogen (secondary N) is 1. The van der Waals surface area contributed by atoms with Crippen LogP contribution in [-0.2, 0) is 21.3 Å². The Hall–Kier alpha value is -1.00. The third-order valence-electron chi connectivity index (χ3n) is 2.54. The normalized spacial score (nSPS) is 18.1. The molecule has 1 aliphatic heterocycles. The van der Waals surface area contributed by atoms with Gasteiger partial charge in [-0.25, -0.2) is 13.4 Å². The van der Waals surface area contributed by atoms with Crippen molar-refractivity contribution in [3.63, 3.8) is 0 Å². The molecule has 1 fully saturated rings. The predicted molar refractivity (Wildman–Crippen MR) is 64.0 cm³/mol. The van der Waals surface area contributed by atoms with Crippen LogP contribution < -0.4 is 10.6 Å². The summed E-state index contributed by atoms with van der Waals surface area (Å²) in [7, 11) is -3.56. The number of sulfonamides is 1. The van der Waals surface area contributed by atoms with Gasteiger partial charge in [0.15, 0.2) is 0 Å². The maximum Gasteiger partial charge on any atom is 0.256 e. The highest BCUT2D eigenvalue weighted by atomic mass is 32.2. The van der Waals surface area contributed by atoms with Crippen molar-refractivity contribution < 1.29 is 13.2 Å². The van der Waals surface area contributed by atoms with Gasteiger partial charge in [-0.05, 0) is 0 Å². The lowest BCUT2D eigenvalue weighted by atomic mass is 10.5. The van der Waals surface area contributed by atoms with Gasteiger partial charge < -0.3 is 10.5 Å². The molecule has 8 nitrogen and oxygen atoms in total. The molecule has 1 aromatic rings. The summed E-state index contributed by atoms with van der Waals surface area (Å²) >= 11 is 0. The molecular weight excluding hydrogens is 258 g/mol. The van der Waals surface area contributed by atoms with E-state index in [2.05, 4.69) is 9.93 Å². The van der Waals surface area contributed by atoms with Crippen LogP contribution >= 0.6 is 0 Å². The van der Waals surface area contributed by atoms with Gasteiger partial charge in [-0.15, -0.1) is 4.83 Å². The molecule has 2 heterocycles. The number of aromatic nitrogens is 2. The van der Waals surface area contributed by atoms with Gasteiger partial charge in [0.2, 0.25) is 0 Å². The fourth-order valence-electron chi connectivity index (χ4n) is 1.62. The summed E-state index contributed by atoms with van der Waals surface area (Å²) < 4.78 is 30.7. The second-order valence-electron chi connectivity index (χ2n) is 3.92. The van der Waals surface area contributed by atoms with Crippen molar-refractivity contribution in [3.05, 3.63) is 12.4 Å². The number of nitrogens with two attached hydrogens (primary N) is 1. The lowest BCUT2D eigenvalue weighted by Crippen LogP contribution is -2.48. The fourth-order valence-corrected chi connectivity index (χ4v) is 2.69. The topological polar surface area (TPSA) is 102 Å². The van der Waals surface area contributed by atoms with E-state index in [1.807, 2.05) is 0 Å². The predicted octanol–water partition coefficient (Wildman–Crippen LogP) is -1.63. The zero-order valence-electron chi connectivity index (χ0n) is 9.95. The van der Waals surface area contributed by atoms with Gasteiger partial charge in [-0.2, -0.15) is 5.10 Å². The van der Waals surface area contributed by atoms with Crippen molar-refractivity contribution >= 4 is 10.0 Å². The maximum atomic E-state index is 12.0. The average molecular weight is 275 g/mol. The zero-order valence-corrected chi connectivity index (χ0v) is 10.8. The molecular formula is C9H17N5O3S. The van der Waals surface area contributed by atoms with E-state index in [0.29, 0.717) is 39.4 Å². The maximum absolute atomic E-state index is 12.0. The number of hydrogen-bond donors (Lipinski definition) is 2. The molecule has 0 unspecified atom stereocenters. The molecule has 0 radical (unpaired) electrons. The molecule has 0 aromatic carbocycles. The summed E-state index contributed by atoms with van der Waals surface area (Å²) in [6.07, 6.45) is 2.79. The number of morpholine rings is 1. The molecule has 2 rings (SSSR count). The summed E-state index contributed by atoms with van der Waals surface area (Å²) in [5, 5.41) is 5.56. The Bertz CT molecular complexity index is 480. The minimum Gasteiger partial charge on any atom is -0.379 e. The molecule has 0 atom stereocenters. The standard InChI is InChI=1S/C9H17N5O3S/c10-1-2-14-8-9(7-11-14)18(15,16)12-13-3-5-17-6-4-13/h7-8,12H,1-6,10H2. The van der Waals surface area contributed by atoms with Crippen molar-refractivity contribution in [3.8, 4) is 0 Å². The van der Waals surface area contributed by atoms with Gasteiger partial charge in [-0.1, -0.05) is 0 Å². The largest absolute Gasteiger partial charge is 0.379 e. The van der Waals surface area contributed by atoms with Gasteiger partial charge >= 0.3 is 0 Å². The third kappa shape index (κ3) is 3.27. The Balaban J connectivity index is 2.04. The Morgan fingerprint density at radius 1 is 1.44 bits per heavy atom. The smallest absolute Gasteiger partial charge is 0.256 e. The first-order valence-electron chi connectivity index (χ1n) is 5.69.